The molecule has 0 unspecified atom stereocenters. The molecule has 2 N–H and O–H groups in total. The molecule has 0 aromatic heterocycles. The normalized spacial score (nSPS) is 12.0. The van der Waals surface area contributed by atoms with Gasteiger partial charge in [-0.25, -0.2) is 4.79 Å². The van der Waals surface area contributed by atoms with E-state index in [4.69, 9.17) is 9.84 Å². The maximum Gasteiger partial charge on any atom is 0.344 e. The Labute approximate surface area is 157 Å². The van der Waals surface area contributed by atoms with Crippen LogP contribution in [0.1, 0.15) is 25.0 Å². The van der Waals surface area contributed by atoms with Gasteiger partial charge in [0.15, 0.2) is 6.10 Å². The lowest BCUT2D eigenvalue weighted by Crippen LogP contribution is -2.22. The van der Waals surface area contributed by atoms with Crippen molar-refractivity contribution >= 4 is 23.6 Å². The molecule has 0 aliphatic carbocycles. The third kappa shape index (κ3) is 5.44. The van der Waals surface area contributed by atoms with Crippen LogP contribution in [0.15, 0.2) is 54.1 Å². The number of amides is 1. The summed E-state index contributed by atoms with van der Waals surface area (Å²) in [6.07, 6.45) is 1.26. The predicted molar refractivity (Wildman–Crippen MR) is 102 cm³/mol. The van der Waals surface area contributed by atoms with E-state index in [1.54, 1.807) is 30.3 Å². The fourth-order valence-corrected chi connectivity index (χ4v) is 2.35. The minimum atomic E-state index is -1.06. The van der Waals surface area contributed by atoms with Crippen LogP contribution in [0.25, 0.3) is 6.08 Å². The van der Waals surface area contributed by atoms with Gasteiger partial charge in [-0.3, -0.25) is 4.79 Å². The average molecular weight is 364 g/mol. The van der Waals surface area contributed by atoms with Crippen molar-refractivity contribution in [2.24, 2.45) is 0 Å². The maximum absolute atomic E-state index is 12.4. The first-order valence-electron chi connectivity index (χ1n) is 8.45. The number of carbonyl (C=O) groups is 2. The molecule has 6 nitrogen and oxygen atoms in total. The Balaban J connectivity index is 2.14. The van der Waals surface area contributed by atoms with E-state index in [0.29, 0.717) is 17.0 Å². The number of para-hydroxylation sites is 1. The van der Waals surface area contributed by atoms with Crippen LogP contribution in [0.5, 0.6) is 5.75 Å². The highest BCUT2D eigenvalue weighted by molar-refractivity contribution is 6.09. The van der Waals surface area contributed by atoms with E-state index >= 15 is 0 Å². The summed E-state index contributed by atoms with van der Waals surface area (Å²) in [5, 5.41) is 20.9. The molecule has 0 heterocycles. The van der Waals surface area contributed by atoms with Gasteiger partial charge in [0.05, 0.1) is 0 Å². The summed E-state index contributed by atoms with van der Waals surface area (Å²) in [7, 11) is 0. The van der Waals surface area contributed by atoms with Gasteiger partial charge in [0.25, 0.3) is 5.91 Å². The Bertz CT molecular complexity index is 895. The molecule has 0 fully saturated rings. The molecule has 2 rings (SSSR count). The molecule has 6 heteroatoms. The first-order chi connectivity index (χ1) is 12.9. The topological polar surface area (TPSA) is 99.4 Å². The highest BCUT2D eigenvalue weighted by Gasteiger charge is 2.13. The first kappa shape index (κ1) is 19.7. The number of nitrogens with zero attached hydrogens (tertiary/aromatic N) is 1. The Morgan fingerprint density at radius 3 is 2.48 bits per heavy atom. The van der Waals surface area contributed by atoms with Gasteiger partial charge >= 0.3 is 5.97 Å². The lowest BCUT2D eigenvalue weighted by Gasteiger charge is -2.10. The fraction of sp³-hybridized carbons (Fsp3) is 0.190. The molecular weight excluding hydrogens is 344 g/mol. The summed E-state index contributed by atoms with van der Waals surface area (Å²) in [5.41, 5.74) is 2.25. The van der Waals surface area contributed by atoms with E-state index in [9.17, 15) is 14.9 Å². The van der Waals surface area contributed by atoms with Crippen molar-refractivity contribution in [3.63, 3.8) is 0 Å². The van der Waals surface area contributed by atoms with Gasteiger partial charge in [0, 0.05) is 5.69 Å². The fourth-order valence-electron chi connectivity index (χ4n) is 2.35. The number of carboxylic acids is 1. The molecule has 0 bridgehead atoms. The van der Waals surface area contributed by atoms with Gasteiger partial charge in [0.1, 0.15) is 17.4 Å². The summed E-state index contributed by atoms with van der Waals surface area (Å²) in [6, 6.07) is 15.8. The third-order valence-electron chi connectivity index (χ3n) is 3.86. The number of ether oxygens (including phenoxy) is 1. The predicted octanol–water partition coefficient (Wildman–Crippen LogP) is 3.65. The second-order valence-corrected chi connectivity index (χ2v) is 5.80. The number of carboxylic acid groups (broad SMARTS) is 1. The highest BCUT2D eigenvalue weighted by Crippen LogP contribution is 2.19. The second kappa shape index (κ2) is 9.20. The van der Waals surface area contributed by atoms with Crippen molar-refractivity contribution in [3.05, 3.63) is 65.2 Å². The van der Waals surface area contributed by atoms with E-state index in [2.05, 4.69) is 5.32 Å². The van der Waals surface area contributed by atoms with Crippen molar-refractivity contribution < 1.29 is 19.4 Å². The largest absolute Gasteiger partial charge is 0.479 e. The standard InChI is InChI=1S/C21H20N2O4/c1-3-16-6-4-5-7-19(16)23-20(24)17(13-22)12-15-8-10-18(11-9-15)27-14(2)21(25)26/h4-12,14H,3H2,1-2H3,(H,23,24)(H,25,26)/b17-12-/t14-/m1/s1. The molecular formula is C21H20N2O4. The highest BCUT2D eigenvalue weighted by atomic mass is 16.5. The maximum atomic E-state index is 12.4. The summed E-state index contributed by atoms with van der Waals surface area (Å²) < 4.78 is 5.25. The smallest absolute Gasteiger partial charge is 0.344 e. The lowest BCUT2D eigenvalue weighted by atomic mass is 10.1. The number of hydrogen-bond donors (Lipinski definition) is 2. The number of hydrogen-bond acceptors (Lipinski definition) is 4. The molecule has 0 aliphatic rings. The van der Waals surface area contributed by atoms with Crippen LogP contribution >= 0.6 is 0 Å². The van der Waals surface area contributed by atoms with Crippen LogP contribution in [0.4, 0.5) is 5.69 Å². The van der Waals surface area contributed by atoms with Crippen LogP contribution in [0, 0.1) is 11.3 Å². The van der Waals surface area contributed by atoms with Gasteiger partial charge in [0.2, 0.25) is 0 Å². The van der Waals surface area contributed by atoms with Crippen LogP contribution in [-0.2, 0) is 16.0 Å². The zero-order valence-corrected chi connectivity index (χ0v) is 15.1. The van der Waals surface area contributed by atoms with E-state index in [0.717, 1.165) is 12.0 Å². The molecule has 1 atom stereocenters. The van der Waals surface area contributed by atoms with E-state index in [1.807, 2.05) is 31.2 Å². The molecule has 0 radical (unpaired) electrons. The van der Waals surface area contributed by atoms with Crippen LogP contribution in [0.3, 0.4) is 0 Å². The molecule has 0 spiro atoms. The molecule has 1 amide bonds. The number of carbonyl (C=O) groups excluding carboxylic acids is 1. The third-order valence-corrected chi connectivity index (χ3v) is 3.86. The van der Waals surface area contributed by atoms with Crippen molar-refractivity contribution in [3.8, 4) is 11.8 Å². The van der Waals surface area contributed by atoms with Crippen molar-refractivity contribution in [1.29, 1.82) is 5.26 Å². The van der Waals surface area contributed by atoms with Crippen LogP contribution in [0.2, 0.25) is 0 Å². The zero-order valence-electron chi connectivity index (χ0n) is 15.1. The molecule has 2 aromatic carbocycles. The van der Waals surface area contributed by atoms with E-state index in [-0.39, 0.29) is 5.57 Å². The Morgan fingerprint density at radius 1 is 1.22 bits per heavy atom. The Morgan fingerprint density at radius 2 is 1.89 bits per heavy atom. The minimum Gasteiger partial charge on any atom is -0.479 e. The SMILES string of the molecule is CCc1ccccc1NC(=O)/C(C#N)=C\c1ccc(O[C@H](C)C(=O)O)cc1. The molecule has 2 aromatic rings. The lowest BCUT2D eigenvalue weighted by molar-refractivity contribution is -0.144. The average Bonchev–Trinajstić information content (AvgIpc) is 2.67. The summed E-state index contributed by atoms with van der Waals surface area (Å²) in [5.74, 6) is -1.16. The van der Waals surface area contributed by atoms with E-state index in [1.165, 1.54) is 13.0 Å². The Kier molecular flexibility index (Phi) is 6.73. The minimum absolute atomic E-state index is 0.0338. The molecule has 0 saturated carbocycles. The van der Waals surface area contributed by atoms with Crippen molar-refractivity contribution in [2.75, 3.05) is 5.32 Å². The number of nitriles is 1. The number of benzene rings is 2. The number of aliphatic carboxylic acids is 1. The summed E-state index contributed by atoms with van der Waals surface area (Å²) >= 11 is 0. The van der Waals surface area contributed by atoms with Gasteiger partial charge in [-0.2, -0.15) is 5.26 Å². The van der Waals surface area contributed by atoms with Gasteiger partial charge < -0.3 is 15.2 Å². The van der Waals surface area contributed by atoms with Gasteiger partial charge in [-0.05, 0) is 48.7 Å². The summed E-state index contributed by atoms with van der Waals surface area (Å²) in [6.45, 7) is 3.42. The summed E-state index contributed by atoms with van der Waals surface area (Å²) in [4.78, 5) is 23.2. The number of anilines is 1. The molecule has 138 valence electrons. The zero-order chi connectivity index (χ0) is 19.8. The quantitative estimate of drug-likeness (QED) is 0.577. The van der Waals surface area contributed by atoms with Crippen molar-refractivity contribution in [2.45, 2.75) is 26.4 Å². The monoisotopic (exact) mass is 364 g/mol. The van der Waals surface area contributed by atoms with Gasteiger partial charge in [-0.15, -0.1) is 0 Å². The molecule has 27 heavy (non-hydrogen) atoms. The van der Waals surface area contributed by atoms with Crippen molar-refractivity contribution in [1.82, 2.24) is 0 Å². The molecule has 0 aliphatic heterocycles. The molecule has 0 saturated heterocycles. The van der Waals surface area contributed by atoms with Gasteiger partial charge in [-0.1, -0.05) is 37.3 Å². The number of aryl methyl sites for hydroxylation is 1. The van der Waals surface area contributed by atoms with E-state index < -0.39 is 18.0 Å². The Hall–Kier alpha value is -3.59. The number of nitrogens with one attached hydrogen (secondary N) is 1. The first-order valence-corrected chi connectivity index (χ1v) is 8.45. The second-order valence-electron chi connectivity index (χ2n) is 5.80. The number of rotatable bonds is 7. The van der Waals surface area contributed by atoms with Crippen LogP contribution < -0.4 is 10.1 Å². The van der Waals surface area contributed by atoms with Crippen LogP contribution in [-0.4, -0.2) is 23.1 Å².